The zero-order chi connectivity index (χ0) is 34.1. The minimum Gasteiger partial charge on any atom is -0.493 e. The topological polar surface area (TPSA) is 180 Å². The highest BCUT2D eigenvalue weighted by Gasteiger charge is 2.32. The monoisotopic (exact) mass is 729 g/mol. The van der Waals surface area contributed by atoms with Crippen LogP contribution in [0.15, 0.2) is 75.4 Å². The molecule has 0 saturated heterocycles. The Kier molecular flexibility index (Phi) is 11.8. The minimum absolute atomic E-state index is 0.0464. The number of urea groups is 1. The van der Waals surface area contributed by atoms with E-state index >= 15 is 0 Å². The number of benzene rings is 3. The van der Waals surface area contributed by atoms with Crippen LogP contribution in [0.4, 0.5) is 10.5 Å². The fraction of sp³-hybridized carbons (Fsp3) is 0.226. The van der Waals surface area contributed by atoms with Gasteiger partial charge in [0, 0.05) is 17.8 Å². The summed E-state index contributed by atoms with van der Waals surface area (Å²) in [5.41, 5.74) is 4.60. The lowest BCUT2D eigenvalue weighted by atomic mass is 9.95. The first kappa shape index (κ1) is 34.7. The Morgan fingerprint density at radius 3 is 2.64 bits per heavy atom. The van der Waals surface area contributed by atoms with Crippen molar-refractivity contribution in [2.24, 2.45) is 5.10 Å². The largest absolute Gasteiger partial charge is 0.493 e. The second kappa shape index (κ2) is 15.9. The van der Waals surface area contributed by atoms with Gasteiger partial charge < -0.3 is 29.6 Å². The molecule has 1 heterocycles. The minimum atomic E-state index is -0.801. The fourth-order valence-corrected chi connectivity index (χ4v) is 5.46. The fourth-order valence-electron chi connectivity index (χ4n) is 4.47. The smallest absolute Gasteiger partial charge is 0.338 e. The molecule has 0 saturated carbocycles. The number of nitro groups is 1. The van der Waals surface area contributed by atoms with Crippen molar-refractivity contribution in [2.45, 2.75) is 26.5 Å². The lowest BCUT2D eigenvalue weighted by Gasteiger charge is -2.28. The van der Waals surface area contributed by atoms with Crippen molar-refractivity contribution in [2.75, 3.05) is 20.3 Å². The molecule has 0 aliphatic carbocycles. The summed E-state index contributed by atoms with van der Waals surface area (Å²) >= 11 is 9.79. The highest BCUT2D eigenvalue weighted by atomic mass is 79.9. The van der Waals surface area contributed by atoms with Gasteiger partial charge in [-0.3, -0.25) is 14.9 Å². The Morgan fingerprint density at radius 1 is 1.15 bits per heavy atom. The predicted octanol–water partition coefficient (Wildman–Crippen LogP) is 5.32. The van der Waals surface area contributed by atoms with E-state index in [0.717, 1.165) is 0 Å². The van der Waals surface area contributed by atoms with E-state index in [-0.39, 0.29) is 41.0 Å². The van der Waals surface area contributed by atoms with Crippen LogP contribution in [0, 0.1) is 10.1 Å². The number of non-ortho nitro benzene ring substituents is 1. The average Bonchev–Trinajstić information content (AvgIpc) is 3.03. The number of rotatable bonds is 13. The maximum atomic E-state index is 12.6. The van der Waals surface area contributed by atoms with Gasteiger partial charge >= 0.3 is 12.0 Å². The predicted molar refractivity (Wildman–Crippen MR) is 175 cm³/mol. The molecule has 1 atom stereocenters. The molecule has 3 amide bonds. The van der Waals surface area contributed by atoms with Crippen LogP contribution < -0.4 is 30.3 Å². The number of nitrogens with one attached hydrogen (secondary N) is 3. The number of methoxy groups -OCH3 is 1. The van der Waals surface area contributed by atoms with Crippen LogP contribution in [0.1, 0.15) is 36.6 Å². The van der Waals surface area contributed by atoms with Gasteiger partial charge in [0.15, 0.2) is 23.9 Å². The zero-order valence-electron chi connectivity index (χ0n) is 25.3. The molecule has 1 aliphatic rings. The summed E-state index contributed by atoms with van der Waals surface area (Å²) in [4.78, 5) is 47.7. The highest BCUT2D eigenvalue weighted by molar-refractivity contribution is 9.10. The van der Waals surface area contributed by atoms with Gasteiger partial charge in [0.25, 0.3) is 11.6 Å². The molecule has 0 radical (unpaired) electrons. The van der Waals surface area contributed by atoms with Crippen LogP contribution in [0.25, 0.3) is 0 Å². The highest BCUT2D eigenvalue weighted by Crippen LogP contribution is 2.36. The second-order valence-corrected chi connectivity index (χ2v) is 11.1. The molecule has 3 aromatic rings. The molecular weight excluding hydrogens is 702 g/mol. The van der Waals surface area contributed by atoms with E-state index < -0.39 is 35.5 Å². The molecule has 0 bridgehead atoms. The number of ether oxygens (including phenoxy) is 4. The van der Waals surface area contributed by atoms with Gasteiger partial charge in [-0.05, 0) is 70.7 Å². The van der Waals surface area contributed by atoms with Crippen molar-refractivity contribution in [1.82, 2.24) is 16.1 Å². The molecule has 4 rings (SSSR count). The van der Waals surface area contributed by atoms with E-state index in [1.54, 1.807) is 56.3 Å². The Labute approximate surface area is 282 Å². The van der Waals surface area contributed by atoms with Gasteiger partial charge in [-0.2, -0.15) is 5.10 Å². The third-order valence-corrected chi connectivity index (χ3v) is 7.44. The van der Waals surface area contributed by atoms with Gasteiger partial charge in [-0.15, -0.1) is 0 Å². The molecule has 0 fully saturated rings. The Hall–Kier alpha value is -5.15. The van der Waals surface area contributed by atoms with E-state index in [0.29, 0.717) is 32.6 Å². The van der Waals surface area contributed by atoms with Gasteiger partial charge in [0.2, 0.25) is 0 Å². The number of hydrogen-bond acceptors (Lipinski definition) is 10. The normalized spacial score (nSPS) is 14.2. The molecule has 0 unspecified atom stereocenters. The van der Waals surface area contributed by atoms with E-state index in [9.17, 15) is 24.5 Å². The summed E-state index contributed by atoms with van der Waals surface area (Å²) in [6, 6.07) is 12.8. The van der Waals surface area contributed by atoms with Crippen LogP contribution in [-0.4, -0.2) is 49.4 Å². The number of halogens is 2. The number of amides is 3. The number of allylic oxidation sites excluding steroid dienone is 1. The van der Waals surface area contributed by atoms with E-state index in [2.05, 4.69) is 37.1 Å². The number of esters is 1. The zero-order valence-corrected chi connectivity index (χ0v) is 27.6. The first-order chi connectivity index (χ1) is 22.5. The standard InChI is InChI=1S/C31H29BrClN5O9/c1-4-45-30(40)27-17(2)35-31(41)36-28(27)20-8-9-24(25(13-20)44-3)46-16-26(39)37-34-14-19-11-22(32)29(23(33)12-19)47-15-18-6-5-7-21(10-18)38(42)43/h5-14,28H,4,15-16H2,1-3H3,(H,37,39)(H2,35,36,41)/b34-14-/t28-/m1/s1. The maximum Gasteiger partial charge on any atom is 0.338 e. The molecule has 0 spiro atoms. The van der Waals surface area contributed by atoms with Crippen LogP contribution in [0.5, 0.6) is 17.2 Å². The lowest BCUT2D eigenvalue weighted by Crippen LogP contribution is -2.45. The lowest BCUT2D eigenvalue weighted by molar-refractivity contribution is -0.384. The molecule has 16 heteroatoms. The van der Waals surface area contributed by atoms with Gasteiger partial charge in [-0.1, -0.05) is 29.8 Å². The van der Waals surface area contributed by atoms with Crippen molar-refractivity contribution < 1.29 is 38.3 Å². The molecule has 3 aromatic carbocycles. The number of nitro benzene ring substituents is 1. The summed E-state index contributed by atoms with van der Waals surface area (Å²) in [6.07, 6.45) is 1.37. The summed E-state index contributed by atoms with van der Waals surface area (Å²) in [5, 5.41) is 20.5. The summed E-state index contributed by atoms with van der Waals surface area (Å²) in [6.45, 7) is 3.11. The first-order valence-electron chi connectivity index (χ1n) is 13.9. The van der Waals surface area contributed by atoms with Crippen molar-refractivity contribution in [3.05, 3.63) is 102 Å². The second-order valence-electron chi connectivity index (χ2n) is 9.81. The van der Waals surface area contributed by atoms with Crippen molar-refractivity contribution in [3.63, 3.8) is 0 Å². The molecule has 246 valence electrons. The SMILES string of the molecule is CCOC(=O)C1=C(C)NC(=O)N[C@@H]1c1ccc(OCC(=O)N/N=C\c2cc(Cl)c(OCc3cccc([N+](=O)[O-])c3)c(Br)c2)c(OC)c1. The Bertz CT molecular complexity index is 1740. The average molecular weight is 731 g/mol. The summed E-state index contributed by atoms with van der Waals surface area (Å²) in [7, 11) is 1.41. The van der Waals surface area contributed by atoms with E-state index in [1.807, 2.05) is 0 Å². The van der Waals surface area contributed by atoms with E-state index in [4.69, 9.17) is 30.5 Å². The van der Waals surface area contributed by atoms with Crippen LogP contribution in [-0.2, 0) is 20.9 Å². The van der Waals surface area contributed by atoms with Crippen LogP contribution in [0.2, 0.25) is 5.02 Å². The quantitative estimate of drug-likeness (QED) is 0.0909. The summed E-state index contributed by atoms with van der Waals surface area (Å²) < 4.78 is 22.5. The summed E-state index contributed by atoms with van der Waals surface area (Å²) in [5.74, 6) is -0.303. The molecular formula is C31H29BrClN5O9. The van der Waals surface area contributed by atoms with Crippen molar-refractivity contribution in [3.8, 4) is 17.2 Å². The molecule has 14 nitrogen and oxygen atoms in total. The Morgan fingerprint density at radius 2 is 1.94 bits per heavy atom. The third kappa shape index (κ3) is 8.98. The molecule has 3 N–H and O–H groups in total. The van der Waals surface area contributed by atoms with Gasteiger partial charge in [0.05, 0.1) is 46.0 Å². The van der Waals surface area contributed by atoms with Gasteiger partial charge in [0.1, 0.15) is 6.61 Å². The number of hydrazone groups is 1. The number of carbonyl (C=O) groups excluding carboxylic acids is 3. The van der Waals surface area contributed by atoms with E-state index in [1.165, 1.54) is 25.5 Å². The van der Waals surface area contributed by atoms with Crippen LogP contribution >= 0.6 is 27.5 Å². The number of nitrogens with zero attached hydrogens (tertiary/aromatic N) is 2. The van der Waals surface area contributed by atoms with Gasteiger partial charge in [-0.25, -0.2) is 15.0 Å². The Balaban J connectivity index is 1.35. The van der Waals surface area contributed by atoms with Crippen molar-refractivity contribution >= 4 is 57.3 Å². The van der Waals surface area contributed by atoms with Crippen LogP contribution in [0.3, 0.4) is 0 Å². The third-order valence-electron chi connectivity index (χ3n) is 6.57. The molecule has 1 aliphatic heterocycles. The number of carbonyl (C=O) groups is 3. The maximum absolute atomic E-state index is 12.6. The molecule has 47 heavy (non-hydrogen) atoms. The van der Waals surface area contributed by atoms with Crippen molar-refractivity contribution in [1.29, 1.82) is 0 Å². The molecule has 0 aromatic heterocycles. The first-order valence-corrected chi connectivity index (χ1v) is 15.1. The number of hydrogen-bond donors (Lipinski definition) is 3.